The van der Waals surface area contributed by atoms with Crippen LogP contribution in [0.25, 0.3) is 11.1 Å². The van der Waals surface area contributed by atoms with Gasteiger partial charge >= 0.3 is 0 Å². The van der Waals surface area contributed by atoms with Crippen LogP contribution in [0.1, 0.15) is 50.5 Å². The lowest BCUT2D eigenvalue weighted by Gasteiger charge is -2.27. The zero-order valence-corrected chi connectivity index (χ0v) is 16.0. The zero-order valence-electron chi connectivity index (χ0n) is 15.3. The Kier molecular flexibility index (Phi) is 6.73. The molecule has 3 heteroatoms. The minimum absolute atomic E-state index is 0.300. The Bertz CT molecular complexity index is 730. The molecule has 1 saturated carbocycles. The standard InChI is InChI=1S/C23H26ClFO/c1-2-15-26-23-12-11-21(16-22(23)25)20-9-7-19(8-10-20)18-5-3-17(4-6-18)13-14-24/h7-14,16-18H,2-6,15H2,1H3. The van der Waals surface area contributed by atoms with E-state index in [4.69, 9.17) is 16.3 Å². The average molecular weight is 373 g/mol. The highest BCUT2D eigenvalue weighted by Gasteiger charge is 2.20. The molecule has 26 heavy (non-hydrogen) atoms. The first-order valence-corrected chi connectivity index (χ1v) is 9.94. The Morgan fingerprint density at radius 1 is 1.04 bits per heavy atom. The van der Waals surface area contributed by atoms with Gasteiger partial charge in [-0.3, -0.25) is 0 Å². The fourth-order valence-corrected chi connectivity index (χ4v) is 3.91. The molecule has 0 aromatic heterocycles. The summed E-state index contributed by atoms with van der Waals surface area (Å²) in [5.74, 6) is 1.27. The van der Waals surface area contributed by atoms with E-state index < -0.39 is 0 Å². The number of halogens is 2. The fraction of sp³-hybridized carbons (Fsp3) is 0.391. The van der Waals surface area contributed by atoms with Crippen LogP contribution in [0.2, 0.25) is 0 Å². The van der Waals surface area contributed by atoms with Gasteiger partial charge in [0.25, 0.3) is 0 Å². The van der Waals surface area contributed by atoms with Crippen LogP contribution in [0, 0.1) is 11.7 Å². The molecule has 0 saturated heterocycles. The SMILES string of the molecule is CCCOc1ccc(-c2ccc(C3CCC(C=CCl)CC3)cc2)cc1F. The van der Waals surface area contributed by atoms with E-state index in [0.29, 0.717) is 24.2 Å². The molecule has 2 aromatic rings. The average Bonchev–Trinajstić information content (AvgIpc) is 2.68. The van der Waals surface area contributed by atoms with E-state index in [1.54, 1.807) is 17.7 Å². The Morgan fingerprint density at radius 2 is 1.73 bits per heavy atom. The summed E-state index contributed by atoms with van der Waals surface area (Å²) in [5, 5.41) is 0. The minimum atomic E-state index is -0.300. The maximum Gasteiger partial charge on any atom is 0.165 e. The van der Waals surface area contributed by atoms with Gasteiger partial charge in [0.2, 0.25) is 0 Å². The van der Waals surface area contributed by atoms with Crippen molar-refractivity contribution >= 4 is 11.6 Å². The van der Waals surface area contributed by atoms with Crippen LogP contribution in [-0.4, -0.2) is 6.61 Å². The third-order valence-electron chi connectivity index (χ3n) is 5.23. The van der Waals surface area contributed by atoms with Crippen molar-refractivity contribution in [3.8, 4) is 16.9 Å². The van der Waals surface area contributed by atoms with Crippen molar-refractivity contribution < 1.29 is 9.13 Å². The second-order valence-corrected chi connectivity index (χ2v) is 7.30. The smallest absolute Gasteiger partial charge is 0.165 e. The van der Waals surface area contributed by atoms with Crippen LogP contribution in [-0.2, 0) is 0 Å². The molecule has 1 aliphatic carbocycles. The molecule has 1 fully saturated rings. The maximum absolute atomic E-state index is 14.2. The lowest BCUT2D eigenvalue weighted by atomic mass is 9.78. The van der Waals surface area contributed by atoms with Crippen molar-refractivity contribution in [1.82, 2.24) is 0 Å². The van der Waals surface area contributed by atoms with Gasteiger partial charge in [0.15, 0.2) is 11.6 Å². The molecule has 0 radical (unpaired) electrons. The Balaban J connectivity index is 1.67. The zero-order chi connectivity index (χ0) is 18.4. The van der Waals surface area contributed by atoms with E-state index in [1.165, 1.54) is 31.2 Å². The first kappa shape index (κ1) is 19.0. The largest absolute Gasteiger partial charge is 0.491 e. The summed E-state index contributed by atoms with van der Waals surface area (Å²) >= 11 is 5.69. The third kappa shape index (κ3) is 4.67. The van der Waals surface area contributed by atoms with Crippen molar-refractivity contribution in [2.24, 2.45) is 5.92 Å². The van der Waals surface area contributed by atoms with Gasteiger partial charge in [-0.05, 0) is 72.8 Å². The molecule has 0 heterocycles. The Morgan fingerprint density at radius 3 is 2.35 bits per heavy atom. The lowest BCUT2D eigenvalue weighted by Crippen LogP contribution is -2.11. The van der Waals surface area contributed by atoms with E-state index >= 15 is 0 Å². The fourth-order valence-electron chi connectivity index (χ4n) is 3.71. The van der Waals surface area contributed by atoms with Crippen molar-refractivity contribution in [3.05, 3.63) is 65.5 Å². The summed E-state index contributed by atoms with van der Waals surface area (Å²) in [6.45, 7) is 2.54. The molecule has 0 aliphatic heterocycles. The molecule has 1 nitrogen and oxygen atoms in total. The second-order valence-electron chi connectivity index (χ2n) is 7.05. The number of hydrogen-bond donors (Lipinski definition) is 0. The van der Waals surface area contributed by atoms with Crippen LogP contribution in [0.5, 0.6) is 5.75 Å². The molecular weight excluding hydrogens is 347 g/mol. The van der Waals surface area contributed by atoms with Crippen LogP contribution >= 0.6 is 11.6 Å². The Labute approximate surface area is 160 Å². The van der Waals surface area contributed by atoms with Crippen molar-refractivity contribution in [2.45, 2.75) is 44.9 Å². The van der Waals surface area contributed by atoms with Gasteiger partial charge in [-0.1, -0.05) is 54.9 Å². The van der Waals surface area contributed by atoms with Crippen LogP contribution in [0.4, 0.5) is 4.39 Å². The molecule has 0 atom stereocenters. The molecule has 138 valence electrons. The number of benzene rings is 2. The van der Waals surface area contributed by atoms with Gasteiger partial charge in [-0.2, -0.15) is 0 Å². The van der Waals surface area contributed by atoms with E-state index in [0.717, 1.165) is 17.5 Å². The summed E-state index contributed by atoms with van der Waals surface area (Å²) in [6, 6.07) is 13.8. The summed E-state index contributed by atoms with van der Waals surface area (Å²) in [7, 11) is 0. The molecule has 0 amide bonds. The third-order valence-corrected chi connectivity index (χ3v) is 5.37. The van der Waals surface area contributed by atoms with Gasteiger partial charge in [0, 0.05) is 5.54 Å². The summed E-state index contributed by atoms with van der Waals surface area (Å²) in [5.41, 5.74) is 4.95. The van der Waals surface area contributed by atoms with E-state index in [1.807, 2.05) is 13.0 Å². The number of rotatable bonds is 6. The van der Waals surface area contributed by atoms with E-state index in [9.17, 15) is 4.39 Å². The Hall–Kier alpha value is -1.80. The van der Waals surface area contributed by atoms with Crippen molar-refractivity contribution in [1.29, 1.82) is 0 Å². The number of hydrogen-bond acceptors (Lipinski definition) is 1. The van der Waals surface area contributed by atoms with Crippen molar-refractivity contribution in [3.63, 3.8) is 0 Å². The molecule has 0 N–H and O–H groups in total. The van der Waals surface area contributed by atoms with Crippen LogP contribution in [0.3, 0.4) is 0 Å². The van der Waals surface area contributed by atoms with Gasteiger partial charge in [-0.25, -0.2) is 4.39 Å². The molecule has 2 aromatic carbocycles. The number of ether oxygens (including phenoxy) is 1. The summed E-state index contributed by atoms with van der Waals surface area (Å²) in [4.78, 5) is 0. The normalized spacial score (nSPS) is 20.4. The first-order chi connectivity index (χ1) is 12.7. The van der Waals surface area contributed by atoms with Gasteiger partial charge in [-0.15, -0.1) is 0 Å². The van der Waals surface area contributed by atoms with E-state index in [-0.39, 0.29) is 5.82 Å². The topological polar surface area (TPSA) is 9.23 Å². The van der Waals surface area contributed by atoms with Gasteiger partial charge in [0.05, 0.1) is 6.61 Å². The first-order valence-electron chi connectivity index (χ1n) is 9.50. The van der Waals surface area contributed by atoms with Crippen LogP contribution in [0.15, 0.2) is 54.1 Å². The molecule has 0 spiro atoms. The van der Waals surface area contributed by atoms with E-state index in [2.05, 4.69) is 30.3 Å². The highest BCUT2D eigenvalue weighted by Crippen LogP contribution is 2.37. The number of allylic oxidation sites excluding steroid dienone is 1. The lowest BCUT2D eigenvalue weighted by molar-refractivity contribution is 0.301. The predicted octanol–water partition coefficient (Wildman–Crippen LogP) is 7.31. The quantitative estimate of drug-likeness (QED) is 0.516. The minimum Gasteiger partial charge on any atom is -0.491 e. The van der Waals surface area contributed by atoms with Gasteiger partial charge < -0.3 is 4.74 Å². The van der Waals surface area contributed by atoms with Gasteiger partial charge in [0.1, 0.15) is 0 Å². The highest BCUT2D eigenvalue weighted by atomic mass is 35.5. The molecular formula is C23H26ClFO. The maximum atomic E-state index is 14.2. The molecule has 1 aliphatic rings. The summed E-state index contributed by atoms with van der Waals surface area (Å²) < 4.78 is 19.6. The molecule has 3 rings (SSSR count). The monoisotopic (exact) mass is 372 g/mol. The molecule has 0 bridgehead atoms. The van der Waals surface area contributed by atoms with Crippen LogP contribution < -0.4 is 4.74 Å². The predicted molar refractivity (Wildman–Crippen MR) is 107 cm³/mol. The highest BCUT2D eigenvalue weighted by molar-refractivity contribution is 6.25. The molecule has 0 unspecified atom stereocenters. The van der Waals surface area contributed by atoms with Crippen molar-refractivity contribution in [2.75, 3.05) is 6.61 Å². The second kappa shape index (κ2) is 9.23. The summed E-state index contributed by atoms with van der Waals surface area (Å²) in [6.07, 6.45) is 7.77.